The van der Waals surface area contributed by atoms with Gasteiger partial charge in [-0.1, -0.05) is 62.9 Å². The number of rotatable bonds is 7. The van der Waals surface area contributed by atoms with Gasteiger partial charge in [0.25, 0.3) is 0 Å². The fraction of sp³-hybridized carbons (Fsp3) is 0.500. The Balaban J connectivity index is 0.00000225. The van der Waals surface area contributed by atoms with Gasteiger partial charge < -0.3 is 0 Å². The first-order valence-corrected chi connectivity index (χ1v) is 5.93. The molecule has 0 atom stereocenters. The number of ketones is 1. The summed E-state index contributed by atoms with van der Waals surface area (Å²) in [6.07, 6.45) is 6.73. The van der Waals surface area contributed by atoms with Crippen LogP contribution in [0.3, 0.4) is 0 Å². The third kappa shape index (κ3) is 6.47. The summed E-state index contributed by atoms with van der Waals surface area (Å²) in [6, 6.07) is 9.58. The zero-order chi connectivity index (χ0) is 10.9. The van der Waals surface area contributed by atoms with E-state index in [1.165, 1.54) is 25.7 Å². The summed E-state index contributed by atoms with van der Waals surface area (Å²) >= 11 is 0. The van der Waals surface area contributed by atoms with Gasteiger partial charge in [-0.2, -0.15) is 0 Å². The SMILES string of the molecule is CCCCCCCC(=O)c1ccccc1.[NaH]. The van der Waals surface area contributed by atoms with Gasteiger partial charge in [-0.3, -0.25) is 4.79 Å². The number of carbonyl (C=O) groups is 1. The Hall–Kier alpha value is -0.110. The Labute approximate surface area is 121 Å². The molecule has 0 aliphatic rings. The third-order valence-corrected chi connectivity index (χ3v) is 2.60. The summed E-state index contributed by atoms with van der Waals surface area (Å²) in [4.78, 5) is 11.7. The monoisotopic (exact) mass is 228 g/mol. The minimum absolute atomic E-state index is 0. The van der Waals surface area contributed by atoms with Crippen LogP contribution in [0.25, 0.3) is 0 Å². The van der Waals surface area contributed by atoms with E-state index < -0.39 is 0 Å². The summed E-state index contributed by atoms with van der Waals surface area (Å²) in [6.45, 7) is 2.20. The zero-order valence-electron chi connectivity index (χ0n) is 9.54. The molecule has 0 unspecified atom stereocenters. The third-order valence-electron chi connectivity index (χ3n) is 2.60. The second kappa shape index (κ2) is 10.1. The van der Waals surface area contributed by atoms with Crippen LogP contribution >= 0.6 is 0 Å². The molecular weight excluding hydrogens is 207 g/mol. The first-order valence-electron chi connectivity index (χ1n) is 5.93. The Morgan fingerprint density at radius 3 is 2.25 bits per heavy atom. The van der Waals surface area contributed by atoms with Gasteiger partial charge in [0.15, 0.2) is 5.78 Å². The Morgan fingerprint density at radius 2 is 1.62 bits per heavy atom. The Morgan fingerprint density at radius 1 is 1.00 bits per heavy atom. The number of Topliss-reactive ketones (excluding diaryl/α,β-unsaturated/α-hetero) is 1. The molecule has 2 heteroatoms. The summed E-state index contributed by atoms with van der Waals surface area (Å²) in [5, 5.41) is 0. The van der Waals surface area contributed by atoms with E-state index in [-0.39, 0.29) is 35.3 Å². The van der Waals surface area contributed by atoms with Crippen LogP contribution < -0.4 is 0 Å². The van der Waals surface area contributed by atoms with Crippen LogP contribution in [-0.4, -0.2) is 35.3 Å². The second-order valence-corrected chi connectivity index (χ2v) is 3.95. The molecular formula is C14H21NaO. The maximum atomic E-state index is 11.7. The number of carbonyl (C=O) groups excluding carboxylic acids is 1. The fourth-order valence-electron chi connectivity index (χ4n) is 1.66. The van der Waals surface area contributed by atoms with Crippen molar-refractivity contribution in [3.05, 3.63) is 35.9 Å². The van der Waals surface area contributed by atoms with Gasteiger partial charge >= 0.3 is 29.6 Å². The number of hydrogen-bond acceptors (Lipinski definition) is 1. The predicted octanol–water partition coefficient (Wildman–Crippen LogP) is 3.58. The Bertz CT molecular complexity index is 282. The molecule has 0 saturated carbocycles. The van der Waals surface area contributed by atoms with Crippen LogP contribution in [0, 0.1) is 0 Å². The quantitative estimate of drug-likeness (QED) is 0.396. The molecule has 0 aliphatic carbocycles. The van der Waals surface area contributed by atoms with Crippen molar-refractivity contribution in [1.29, 1.82) is 0 Å². The molecule has 1 aromatic rings. The van der Waals surface area contributed by atoms with Crippen LogP contribution in [-0.2, 0) is 0 Å². The normalized spacial score (nSPS) is 9.56. The molecule has 1 aromatic carbocycles. The van der Waals surface area contributed by atoms with Gasteiger partial charge in [0.2, 0.25) is 0 Å². The van der Waals surface area contributed by atoms with E-state index in [9.17, 15) is 4.79 Å². The van der Waals surface area contributed by atoms with E-state index in [4.69, 9.17) is 0 Å². The molecule has 0 fully saturated rings. The van der Waals surface area contributed by atoms with Crippen molar-refractivity contribution in [2.45, 2.75) is 45.4 Å². The van der Waals surface area contributed by atoms with E-state index in [1.807, 2.05) is 30.3 Å². The summed E-state index contributed by atoms with van der Waals surface area (Å²) in [7, 11) is 0. The Kier molecular flexibility index (Phi) is 10.0. The summed E-state index contributed by atoms with van der Waals surface area (Å²) < 4.78 is 0. The zero-order valence-corrected chi connectivity index (χ0v) is 9.54. The standard InChI is InChI=1S/C14H20O.Na.H/c1-2-3-4-5-9-12-14(15)13-10-7-6-8-11-13;;/h6-8,10-11H,2-5,9,12H2,1H3;;. The first kappa shape index (κ1) is 15.9. The molecule has 0 radical (unpaired) electrons. The molecule has 84 valence electrons. The topological polar surface area (TPSA) is 17.1 Å². The number of benzene rings is 1. The maximum absolute atomic E-state index is 11.7. The molecule has 0 aromatic heterocycles. The molecule has 1 rings (SSSR count). The fourth-order valence-corrected chi connectivity index (χ4v) is 1.66. The van der Waals surface area contributed by atoms with Crippen LogP contribution in [0.5, 0.6) is 0 Å². The van der Waals surface area contributed by atoms with Crippen LogP contribution in [0.15, 0.2) is 30.3 Å². The van der Waals surface area contributed by atoms with Crippen LogP contribution in [0.2, 0.25) is 0 Å². The average molecular weight is 228 g/mol. The molecule has 0 heterocycles. The molecule has 0 N–H and O–H groups in total. The predicted molar refractivity (Wildman–Crippen MR) is 71.3 cm³/mol. The van der Waals surface area contributed by atoms with Crippen molar-refractivity contribution >= 4 is 35.3 Å². The molecule has 16 heavy (non-hydrogen) atoms. The molecule has 0 saturated heterocycles. The summed E-state index contributed by atoms with van der Waals surface area (Å²) in [5.41, 5.74) is 0.855. The minimum atomic E-state index is 0. The van der Waals surface area contributed by atoms with Gasteiger partial charge in [0.1, 0.15) is 0 Å². The van der Waals surface area contributed by atoms with Crippen molar-refractivity contribution in [3.63, 3.8) is 0 Å². The molecule has 0 aliphatic heterocycles. The number of unbranched alkanes of at least 4 members (excludes halogenated alkanes) is 4. The van der Waals surface area contributed by atoms with E-state index in [0.717, 1.165) is 12.0 Å². The molecule has 0 amide bonds. The van der Waals surface area contributed by atoms with Crippen molar-refractivity contribution < 1.29 is 4.79 Å². The van der Waals surface area contributed by atoms with Crippen LogP contribution in [0.1, 0.15) is 55.8 Å². The van der Waals surface area contributed by atoms with E-state index in [0.29, 0.717) is 6.42 Å². The average Bonchev–Trinajstić information content (AvgIpc) is 2.30. The number of hydrogen-bond donors (Lipinski definition) is 0. The summed E-state index contributed by atoms with van der Waals surface area (Å²) in [5.74, 6) is 0.284. The molecule has 0 bridgehead atoms. The van der Waals surface area contributed by atoms with Crippen molar-refractivity contribution in [3.8, 4) is 0 Å². The van der Waals surface area contributed by atoms with Crippen molar-refractivity contribution in [1.82, 2.24) is 0 Å². The van der Waals surface area contributed by atoms with Crippen LogP contribution in [0.4, 0.5) is 0 Å². The van der Waals surface area contributed by atoms with Crippen molar-refractivity contribution in [2.75, 3.05) is 0 Å². The van der Waals surface area contributed by atoms with Crippen molar-refractivity contribution in [2.24, 2.45) is 0 Å². The van der Waals surface area contributed by atoms with Gasteiger partial charge in [0, 0.05) is 12.0 Å². The van der Waals surface area contributed by atoms with E-state index >= 15 is 0 Å². The van der Waals surface area contributed by atoms with Gasteiger partial charge in [0.05, 0.1) is 0 Å². The second-order valence-electron chi connectivity index (χ2n) is 3.95. The first-order chi connectivity index (χ1) is 7.34. The van der Waals surface area contributed by atoms with Gasteiger partial charge in [-0.05, 0) is 6.42 Å². The molecule has 0 spiro atoms. The molecule has 1 nitrogen and oxygen atoms in total. The van der Waals surface area contributed by atoms with E-state index in [1.54, 1.807) is 0 Å². The van der Waals surface area contributed by atoms with Gasteiger partial charge in [-0.25, -0.2) is 0 Å². The van der Waals surface area contributed by atoms with Gasteiger partial charge in [-0.15, -0.1) is 0 Å². The van der Waals surface area contributed by atoms with E-state index in [2.05, 4.69) is 6.92 Å².